The Morgan fingerprint density at radius 3 is 3.11 bits per heavy atom. The van der Waals surface area contributed by atoms with Crippen molar-refractivity contribution in [2.45, 2.75) is 12.6 Å². The molecule has 0 aliphatic carbocycles. The molecule has 1 aromatic carbocycles. The van der Waals surface area contributed by atoms with Gasteiger partial charge in [-0.2, -0.15) is 0 Å². The molecule has 100 valence electrons. The molecule has 0 spiro atoms. The summed E-state index contributed by atoms with van der Waals surface area (Å²) in [5, 5.41) is 10.2. The van der Waals surface area contributed by atoms with Crippen molar-refractivity contribution >= 4 is 27.4 Å². The summed E-state index contributed by atoms with van der Waals surface area (Å²) in [6, 6.07) is 10.5. The molecule has 1 unspecified atom stereocenters. The third kappa shape index (κ3) is 2.78. The van der Waals surface area contributed by atoms with Crippen LogP contribution in [0.3, 0.4) is 0 Å². The van der Waals surface area contributed by atoms with E-state index >= 15 is 0 Å². The molecule has 2 heterocycles. The Morgan fingerprint density at radius 2 is 2.32 bits per heavy atom. The number of benzene rings is 1. The van der Waals surface area contributed by atoms with E-state index in [1.807, 2.05) is 12.1 Å². The van der Waals surface area contributed by atoms with Gasteiger partial charge in [0.25, 0.3) is 0 Å². The van der Waals surface area contributed by atoms with Crippen molar-refractivity contribution in [3.05, 3.63) is 35.2 Å². The quantitative estimate of drug-likeness (QED) is 0.934. The molecule has 1 aliphatic heterocycles. The van der Waals surface area contributed by atoms with E-state index in [1.165, 1.54) is 15.0 Å². The van der Waals surface area contributed by atoms with Crippen LogP contribution in [-0.2, 0) is 16.1 Å². The molecule has 1 aromatic heterocycles. The van der Waals surface area contributed by atoms with Crippen molar-refractivity contribution < 1.29 is 14.6 Å². The van der Waals surface area contributed by atoms with Crippen molar-refractivity contribution in [1.82, 2.24) is 4.90 Å². The molecule has 0 amide bonds. The van der Waals surface area contributed by atoms with Crippen LogP contribution >= 0.6 is 11.3 Å². The number of nitrogens with zero attached hydrogens (tertiary/aromatic N) is 1. The van der Waals surface area contributed by atoms with Gasteiger partial charge in [-0.15, -0.1) is 11.3 Å². The van der Waals surface area contributed by atoms with E-state index < -0.39 is 12.1 Å². The number of fused-ring (bicyclic) bond motifs is 1. The van der Waals surface area contributed by atoms with Gasteiger partial charge in [0.1, 0.15) is 0 Å². The molecule has 19 heavy (non-hydrogen) atoms. The minimum absolute atomic E-state index is 0.462. The lowest BCUT2D eigenvalue weighted by molar-refractivity contribution is -0.156. The Hall–Kier alpha value is -1.43. The highest BCUT2D eigenvalue weighted by molar-refractivity contribution is 7.19. The van der Waals surface area contributed by atoms with Gasteiger partial charge in [0, 0.05) is 29.2 Å². The molecular weight excluding hydrogens is 262 g/mol. The first-order chi connectivity index (χ1) is 9.22. The Kier molecular flexibility index (Phi) is 3.50. The fourth-order valence-corrected chi connectivity index (χ4v) is 3.44. The predicted molar refractivity (Wildman–Crippen MR) is 74.5 cm³/mol. The van der Waals surface area contributed by atoms with Crippen molar-refractivity contribution in [2.75, 3.05) is 19.7 Å². The van der Waals surface area contributed by atoms with E-state index in [9.17, 15) is 4.79 Å². The van der Waals surface area contributed by atoms with Crippen LogP contribution in [0.1, 0.15) is 4.88 Å². The zero-order valence-corrected chi connectivity index (χ0v) is 11.2. The largest absolute Gasteiger partial charge is 0.479 e. The highest BCUT2D eigenvalue weighted by Crippen LogP contribution is 2.26. The van der Waals surface area contributed by atoms with E-state index in [2.05, 4.69) is 23.1 Å². The molecule has 1 N–H and O–H groups in total. The lowest BCUT2D eigenvalue weighted by atomic mass is 10.2. The van der Waals surface area contributed by atoms with Gasteiger partial charge in [-0.1, -0.05) is 18.2 Å². The Labute approximate surface area is 115 Å². The average molecular weight is 277 g/mol. The zero-order valence-electron chi connectivity index (χ0n) is 10.4. The SMILES string of the molecule is O=C(O)C1CN(Cc2cc3ccccc3s2)CCO1. The van der Waals surface area contributed by atoms with Crippen molar-refractivity contribution in [1.29, 1.82) is 0 Å². The monoisotopic (exact) mass is 277 g/mol. The lowest BCUT2D eigenvalue weighted by Crippen LogP contribution is -2.45. The van der Waals surface area contributed by atoms with Crippen LogP contribution in [0.4, 0.5) is 0 Å². The second kappa shape index (κ2) is 5.28. The third-order valence-corrected chi connectivity index (χ3v) is 4.38. The molecule has 0 bridgehead atoms. The maximum Gasteiger partial charge on any atom is 0.334 e. The zero-order chi connectivity index (χ0) is 13.2. The number of hydrogen-bond donors (Lipinski definition) is 1. The molecule has 3 rings (SSSR count). The van der Waals surface area contributed by atoms with Crippen LogP contribution in [-0.4, -0.2) is 41.8 Å². The van der Waals surface area contributed by atoms with E-state index in [0.29, 0.717) is 13.2 Å². The van der Waals surface area contributed by atoms with Crippen molar-refractivity contribution in [3.8, 4) is 0 Å². The summed E-state index contributed by atoms with van der Waals surface area (Å²) in [5.74, 6) is -0.874. The van der Waals surface area contributed by atoms with Gasteiger partial charge in [-0.25, -0.2) is 4.79 Å². The summed E-state index contributed by atoms with van der Waals surface area (Å²) in [6.07, 6.45) is -0.692. The summed E-state index contributed by atoms with van der Waals surface area (Å²) < 4.78 is 6.51. The maximum absolute atomic E-state index is 10.9. The molecule has 4 nitrogen and oxygen atoms in total. The summed E-state index contributed by atoms with van der Waals surface area (Å²) >= 11 is 1.77. The van der Waals surface area contributed by atoms with Crippen molar-refractivity contribution in [2.24, 2.45) is 0 Å². The minimum atomic E-state index is -0.874. The Morgan fingerprint density at radius 1 is 1.47 bits per heavy atom. The van der Waals surface area contributed by atoms with Crippen LogP contribution in [0, 0.1) is 0 Å². The number of aliphatic carboxylic acids is 1. The number of rotatable bonds is 3. The van der Waals surface area contributed by atoms with Gasteiger partial charge >= 0.3 is 5.97 Å². The fourth-order valence-electron chi connectivity index (χ4n) is 2.33. The molecular formula is C14H15NO3S. The normalized spacial score (nSPS) is 20.7. The second-order valence-corrected chi connectivity index (χ2v) is 5.85. The highest BCUT2D eigenvalue weighted by Gasteiger charge is 2.26. The standard InChI is InChI=1S/C14H15NO3S/c16-14(17)12-9-15(5-6-18-12)8-11-7-10-3-1-2-4-13(10)19-11/h1-4,7,12H,5-6,8-9H2,(H,16,17). The molecule has 0 radical (unpaired) electrons. The van der Waals surface area contributed by atoms with Gasteiger partial charge < -0.3 is 9.84 Å². The van der Waals surface area contributed by atoms with Crippen LogP contribution in [0.15, 0.2) is 30.3 Å². The smallest absolute Gasteiger partial charge is 0.334 e. The fraction of sp³-hybridized carbons (Fsp3) is 0.357. The summed E-state index contributed by atoms with van der Waals surface area (Å²) in [4.78, 5) is 14.4. The second-order valence-electron chi connectivity index (χ2n) is 4.68. The molecule has 1 fully saturated rings. The number of carboxylic acids is 1. The predicted octanol–water partition coefficient (Wildman–Crippen LogP) is 2.19. The minimum Gasteiger partial charge on any atom is -0.479 e. The molecule has 1 aliphatic rings. The van der Waals surface area contributed by atoms with Crippen LogP contribution in [0.5, 0.6) is 0 Å². The van der Waals surface area contributed by atoms with Gasteiger partial charge in [0.2, 0.25) is 0 Å². The van der Waals surface area contributed by atoms with E-state index in [-0.39, 0.29) is 0 Å². The number of carboxylic acid groups (broad SMARTS) is 1. The van der Waals surface area contributed by atoms with Crippen LogP contribution in [0.2, 0.25) is 0 Å². The number of carbonyl (C=O) groups is 1. The van der Waals surface area contributed by atoms with E-state index in [0.717, 1.165) is 13.1 Å². The molecule has 1 atom stereocenters. The highest BCUT2D eigenvalue weighted by atomic mass is 32.1. The number of thiophene rings is 1. The Bertz CT molecular complexity index is 562. The van der Waals surface area contributed by atoms with E-state index in [4.69, 9.17) is 9.84 Å². The van der Waals surface area contributed by atoms with Gasteiger partial charge in [0.05, 0.1) is 6.61 Å². The average Bonchev–Trinajstić information content (AvgIpc) is 2.81. The number of hydrogen-bond acceptors (Lipinski definition) is 4. The molecule has 1 saturated heterocycles. The van der Waals surface area contributed by atoms with Gasteiger partial charge in [-0.3, -0.25) is 4.90 Å². The van der Waals surface area contributed by atoms with E-state index in [1.54, 1.807) is 11.3 Å². The number of morpholine rings is 1. The first-order valence-electron chi connectivity index (χ1n) is 6.26. The number of ether oxygens (including phenoxy) is 1. The lowest BCUT2D eigenvalue weighted by Gasteiger charge is -2.30. The molecule has 5 heteroatoms. The van der Waals surface area contributed by atoms with Gasteiger partial charge in [-0.05, 0) is 17.5 Å². The summed E-state index contributed by atoms with van der Waals surface area (Å²) in [7, 11) is 0. The summed E-state index contributed by atoms with van der Waals surface area (Å²) in [6.45, 7) is 2.54. The summed E-state index contributed by atoms with van der Waals surface area (Å²) in [5.41, 5.74) is 0. The third-order valence-electron chi connectivity index (χ3n) is 3.28. The van der Waals surface area contributed by atoms with Crippen molar-refractivity contribution in [3.63, 3.8) is 0 Å². The van der Waals surface area contributed by atoms with Gasteiger partial charge in [0.15, 0.2) is 6.10 Å². The molecule has 2 aromatic rings. The maximum atomic E-state index is 10.9. The molecule has 0 saturated carbocycles. The first kappa shape index (κ1) is 12.6. The van der Waals surface area contributed by atoms with Crippen LogP contribution in [0.25, 0.3) is 10.1 Å². The Balaban J connectivity index is 1.72. The first-order valence-corrected chi connectivity index (χ1v) is 7.08. The van der Waals surface area contributed by atoms with Crippen LogP contribution < -0.4 is 0 Å². The topological polar surface area (TPSA) is 49.8 Å².